The Bertz CT molecular complexity index is 1090. The van der Waals surface area contributed by atoms with Crippen molar-refractivity contribution in [1.29, 1.82) is 0 Å². The van der Waals surface area contributed by atoms with Crippen LogP contribution in [0.1, 0.15) is 17.2 Å². The summed E-state index contributed by atoms with van der Waals surface area (Å²) in [6.45, 7) is 0. The van der Waals surface area contributed by atoms with Crippen molar-refractivity contribution >= 4 is 49.8 Å². The number of thiazole rings is 1. The standard InChI is InChI=1S/C21H15BrN2O4S/c1-28-15-8-4-12(5-9-15)17-16(18(25)13-2-6-14(22)7-3-13)19(26)20(27)24(17)21-23-10-11-29-21/h2-11,17,25H,1H3/t17-/m0/s1. The Hall–Kier alpha value is -2.97. The van der Waals surface area contributed by atoms with Crippen molar-refractivity contribution in [1.82, 2.24) is 4.98 Å². The summed E-state index contributed by atoms with van der Waals surface area (Å²) in [5.74, 6) is -1.05. The highest BCUT2D eigenvalue weighted by molar-refractivity contribution is 9.10. The normalized spacial score (nSPS) is 18.3. The average molecular weight is 471 g/mol. The summed E-state index contributed by atoms with van der Waals surface area (Å²) in [4.78, 5) is 31.3. The molecule has 2 heterocycles. The van der Waals surface area contributed by atoms with Gasteiger partial charge >= 0.3 is 5.91 Å². The lowest BCUT2D eigenvalue weighted by Gasteiger charge is -2.23. The second kappa shape index (κ2) is 7.81. The van der Waals surface area contributed by atoms with Crippen LogP contribution in [0.3, 0.4) is 0 Å². The van der Waals surface area contributed by atoms with E-state index < -0.39 is 17.7 Å². The van der Waals surface area contributed by atoms with Crippen molar-refractivity contribution in [3.63, 3.8) is 0 Å². The van der Waals surface area contributed by atoms with Gasteiger partial charge in [0.2, 0.25) is 0 Å². The van der Waals surface area contributed by atoms with E-state index >= 15 is 0 Å². The van der Waals surface area contributed by atoms with Crippen LogP contribution < -0.4 is 9.64 Å². The zero-order chi connectivity index (χ0) is 20.5. The first-order valence-corrected chi connectivity index (χ1v) is 10.3. The first-order chi connectivity index (χ1) is 14.0. The maximum Gasteiger partial charge on any atom is 0.301 e. The third kappa shape index (κ3) is 3.45. The van der Waals surface area contributed by atoms with E-state index in [9.17, 15) is 14.7 Å². The number of benzene rings is 2. The number of carbonyl (C=O) groups is 2. The smallest absolute Gasteiger partial charge is 0.301 e. The van der Waals surface area contributed by atoms with Crippen LogP contribution in [0.15, 0.2) is 70.2 Å². The minimum absolute atomic E-state index is 0.0256. The van der Waals surface area contributed by atoms with E-state index in [-0.39, 0.29) is 11.3 Å². The van der Waals surface area contributed by atoms with Crippen LogP contribution in [0.25, 0.3) is 5.76 Å². The van der Waals surface area contributed by atoms with Crippen LogP contribution in [-0.2, 0) is 9.59 Å². The van der Waals surface area contributed by atoms with Gasteiger partial charge in [-0.15, -0.1) is 11.3 Å². The van der Waals surface area contributed by atoms with Gasteiger partial charge in [0.15, 0.2) is 5.13 Å². The zero-order valence-corrected chi connectivity index (χ0v) is 17.6. The number of carbonyl (C=O) groups excluding carboxylic acids is 2. The number of aliphatic hydroxyl groups is 1. The molecule has 0 aliphatic carbocycles. The molecule has 6 nitrogen and oxygen atoms in total. The molecule has 8 heteroatoms. The summed E-state index contributed by atoms with van der Waals surface area (Å²) in [7, 11) is 1.56. The summed E-state index contributed by atoms with van der Waals surface area (Å²) in [5, 5.41) is 13.1. The molecule has 146 valence electrons. The van der Waals surface area contributed by atoms with Gasteiger partial charge in [-0.3, -0.25) is 14.5 Å². The van der Waals surface area contributed by atoms with Gasteiger partial charge in [0.1, 0.15) is 11.5 Å². The van der Waals surface area contributed by atoms with Crippen LogP contribution in [0.4, 0.5) is 5.13 Å². The Morgan fingerprint density at radius 2 is 1.83 bits per heavy atom. The monoisotopic (exact) mass is 470 g/mol. The van der Waals surface area contributed by atoms with Crippen molar-refractivity contribution in [2.75, 3.05) is 12.0 Å². The van der Waals surface area contributed by atoms with Gasteiger partial charge in [-0.05, 0) is 29.8 Å². The minimum atomic E-state index is -0.796. The molecule has 0 radical (unpaired) electrons. The SMILES string of the molecule is COc1ccc([C@H]2C(=C(O)c3ccc(Br)cc3)C(=O)C(=O)N2c2nccs2)cc1. The van der Waals surface area contributed by atoms with Gasteiger partial charge < -0.3 is 9.84 Å². The fourth-order valence-corrected chi connectivity index (χ4v) is 4.16. The van der Waals surface area contributed by atoms with Crippen molar-refractivity contribution < 1.29 is 19.4 Å². The van der Waals surface area contributed by atoms with E-state index in [4.69, 9.17) is 4.74 Å². The summed E-state index contributed by atoms with van der Waals surface area (Å²) in [6, 6.07) is 13.1. The largest absolute Gasteiger partial charge is 0.507 e. The first-order valence-electron chi connectivity index (χ1n) is 8.61. The maximum absolute atomic E-state index is 12.9. The number of aliphatic hydroxyl groups excluding tert-OH is 1. The lowest BCUT2D eigenvalue weighted by molar-refractivity contribution is -0.132. The number of hydrogen-bond donors (Lipinski definition) is 1. The number of ketones is 1. The first kappa shape index (κ1) is 19.4. The highest BCUT2D eigenvalue weighted by atomic mass is 79.9. The van der Waals surface area contributed by atoms with Crippen LogP contribution in [-0.4, -0.2) is 28.9 Å². The molecule has 2 aromatic carbocycles. The third-order valence-electron chi connectivity index (χ3n) is 4.62. The second-order valence-electron chi connectivity index (χ2n) is 6.26. The number of ether oxygens (including phenoxy) is 1. The molecule has 0 saturated carbocycles. The third-order valence-corrected chi connectivity index (χ3v) is 5.92. The van der Waals surface area contributed by atoms with Gasteiger partial charge in [0.25, 0.3) is 5.78 Å². The molecule has 1 fully saturated rings. The number of hydrogen-bond acceptors (Lipinski definition) is 6. The quantitative estimate of drug-likeness (QED) is 0.344. The number of nitrogens with zero attached hydrogens (tertiary/aromatic N) is 2. The van der Waals surface area contributed by atoms with Crippen molar-refractivity contribution in [2.45, 2.75) is 6.04 Å². The molecule has 3 aromatic rings. The summed E-state index contributed by atoms with van der Waals surface area (Å²) in [6.07, 6.45) is 1.57. The van der Waals surface area contributed by atoms with Gasteiger partial charge in [-0.25, -0.2) is 4.98 Å². The number of aromatic nitrogens is 1. The maximum atomic E-state index is 12.9. The van der Waals surface area contributed by atoms with Crippen LogP contribution >= 0.6 is 27.3 Å². The molecule has 1 atom stereocenters. The highest BCUT2D eigenvalue weighted by Crippen LogP contribution is 2.43. The van der Waals surface area contributed by atoms with E-state index in [1.807, 2.05) is 0 Å². The Labute approximate surface area is 179 Å². The Kier molecular flexibility index (Phi) is 5.21. The van der Waals surface area contributed by atoms with Gasteiger partial charge in [-0.1, -0.05) is 40.2 Å². The van der Waals surface area contributed by atoms with Crippen molar-refractivity contribution in [3.05, 3.63) is 81.3 Å². The number of amides is 1. The molecule has 0 unspecified atom stereocenters. The lowest BCUT2D eigenvalue weighted by atomic mass is 9.95. The Morgan fingerprint density at radius 1 is 1.14 bits per heavy atom. The summed E-state index contributed by atoms with van der Waals surface area (Å²) < 4.78 is 6.04. The number of Topliss-reactive ketones (excluding diaryl/α,β-unsaturated/α-hetero) is 1. The van der Waals surface area contributed by atoms with E-state index in [0.717, 1.165) is 4.47 Å². The summed E-state index contributed by atoms with van der Waals surface area (Å²) >= 11 is 4.60. The highest BCUT2D eigenvalue weighted by Gasteiger charge is 2.47. The lowest BCUT2D eigenvalue weighted by Crippen LogP contribution is -2.29. The number of methoxy groups -OCH3 is 1. The Balaban J connectivity index is 1.91. The van der Waals surface area contributed by atoms with Crippen LogP contribution in [0.5, 0.6) is 5.75 Å². The molecule has 0 bridgehead atoms. The number of halogens is 1. The van der Waals surface area contributed by atoms with E-state index in [2.05, 4.69) is 20.9 Å². The van der Waals surface area contributed by atoms with E-state index in [1.54, 1.807) is 67.2 Å². The zero-order valence-electron chi connectivity index (χ0n) is 15.2. The molecular weight excluding hydrogens is 456 g/mol. The topological polar surface area (TPSA) is 79.7 Å². The van der Waals surface area contributed by atoms with E-state index in [1.165, 1.54) is 16.2 Å². The average Bonchev–Trinajstić information content (AvgIpc) is 3.35. The molecule has 29 heavy (non-hydrogen) atoms. The van der Waals surface area contributed by atoms with Crippen LogP contribution in [0, 0.1) is 0 Å². The molecule has 1 amide bonds. The molecule has 4 rings (SSSR count). The van der Waals surface area contributed by atoms with Crippen molar-refractivity contribution in [2.24, 2.45) is 0 Å². The molecular formula is C21H15BrN2O4S. The Morgan fingerprint density at radius 3 is 2.41 bits per heavy atom. The number of anilines is 1. The molecule has 1 saturated heterocycles. The fourth-order valence-electron chi connectivity index (χ4n) is 3.23. The predicted octanol–water partition coefficient (Wildman–Crippen LogP) is 4.54. The van der Waals surface area contributed by atoms with Crippen molar-refractivity contribution in [3.8, 4) is 5.75 Å². The molecule has 1 aliphatic heterocycles. The molecule has 1 aromatic heterocycles. The van der Waals surface area contributed by atoms with Gasteiger partial charge in [0, 0.05) is 21.6 Å². The number of rotatable bonds is 4. The molecule has 1 N–H and O–H groups in total. The minimum Gasteiger partial charge on any atom is -0.507 e. The molecule has 0 spiro atoms. The van der Waals surface area contributed by atoms with Gasteiger partial charge in [-0.2, -0.15) is 0 Å². The second-order valence-corrected chi connectivity index (χ2v) is 8.05. The van der Waals surface area contributed by atoms with E-state index in [0.29, 0.717) is 22.0 Å². The van der Waals surface area contributed by atoms with Crippen LogP contribution in [0.2, 0.25) is 0 Å². The summed E-state index contributed by atoms with van der Waals surface area (Å²) in [5.41, 5.74) is 1.14. The molecule has 1 aliphatic rings. The fraction of sp³-hybridized carbons (Fsp3) is 0.0952. The van der Waals surface area contributed by atoms with Gasteiger partial charge in [0.05, 0.1) is 18.7 Å². The predicted molar refractivity (Wildman–Crippen MR) is 114 cm³/mol.